The van der Waals surface area contributed by atoms with Crippen molar-refractivity contribution in [3.05, 3.63) is 5.82 Å². The lowest BCUT2D eigenvalue weighted by Crippen LogP contribution is -2.58. The summed E-state index contributed by atoms with van der Waals surface area (Å²) in [4.78, 5) is 39.7. The summed E-state index contributed by atoms with van der Waals surface area (Å²) in [5, 5.41) is 14.2. The standard InChI is InChI=1S/C10H13N5O4S/c1-5-12-9(20-14-5)13-10(19)15-3-2-11-8(18)6(15)4-7(16)17/h6H,2-4H2,1H3,(H,11,18)(H,16,17)(H,12,13,14,19). The third-order valence-electron chi connectivity index (χ3n) is 2.70. The van der Waals surface area contributed by atoms with Crippen LogP contribution in [0.25, 0.3) is 0 Å². The van der Waals surface area contributed by atoms with E-state index in [9.17, 15) is 14.4 Å². The molecule has 0 aliphatic carbocycles. The molecule has 1 fully saturated rings. The van der Waals surface area contributed by atoms with Crippen LogP contribution in [-0.2, 0) is 9.59 Å². The molecule has 1 aromatic heterocycles. The second-order valence-corrected chi connectivity index (χ2v) is 4.93. The van der Waals surface area contributed by atoms with Gasteiger partial charge >= 0.3 is 12.0 Å². The quantitative estimate of drug-likeness (QED) is 0.701. The number of nitrogens with one attached hydrogen (secondary N) is 2. The summed E-state index contributed by atoms with van der Waals surface area (Å²) < 4.78 is 3.92. The second kappa shape index (κ2) is 5.82. The van der Waals surface area contributed by atoms with Crippen LogP contribution in [0.4, 0.5) is 9.93 Å². The van der Waals surface area contributed by atoms with Gasteiger partial charge in [0.1, 0.15) is 11.9 Å². The molecule has 3 amide bonds. The molecule has 2 rings (SSSR count). The molecule has 9 nitrogen and oxygen atoms in total. The van der Waals surface area contributed by atoms with Gasteiger partial charge in [0.15, 0.2) is 0 Å². The van der Waals surface area contributed by atoms with Crippen molar-refractivity contribution in [1.29, 1.82) is 0 Å². The van der Waals surface area contributed by atoms with Crippen LogP contribution < -0.4 is 10.6 Å². The average molecular weight is 299 g/mol. The average Bonchev–Trinajstić information content (AvgIpc) is 2.76. The van der Waals surface area contributed by atoms with Crippen molar-refractivity contribution in [2.75, 3.05) is 18.4 Å². The molecule has 20 heavy (non-hydrogen) atoms. The lowest BCUT2D eigenvalue weighted by Gasteiger charge is -2.33. The Morgan fingerprint density at radius 3 is 2.95 bits per heavy atom. The van der Waals surface area contributed by atoms with Gasteiger partial charge in [-0.05, 0) is 6.92 Å². The summed E-state index contributed by atoms with van der Waals surface area (Å²) in [7, 11) is 0. The molecule has 1 atom stereocenters. The number of rotatable bonds is 3. The van der Waals surface area contributed by atoms with Gasteiger partial charge in [-0.2, -0.15) is 4.37 Å². The van der Waals surface area contributed by atoms with Crippen molar-refractivity contribution in [1.82, 2.24) is 19.6 Å². The molecule has 0 radical (unpaired) electrons. The van der Waals surface area contributed by atoms with Crippen molar-refractivity contribution < 1.29 is 19.5 Å². The zero-order valence-electron chi connectivity index (χ0n) is 10.6. The SMILES string of the molecule is Cc1nsc(NC(=O)N2CCNC(=O)C2CC(=O)O)n1. The zero-order valence-corrected chi connectivity index (χ0v) is 11.4. The first-order valence-corrected chi connectivity index (χ1v) is 6.62. The fraction of sp³-hybridized carbons (Fsp3) is 0.500. The van der Waals surface area contributed by atoms with Crippen LogP contribution in [-0.4, -0.2) is 56.4 Å². The number of piperazine rings is 1. The van der Waals surface area contributed by atoms with Gasteiger partial charge in [0.05, 0.1) is 6.42 Å². The minimum Gasteiger partial charge on any atom is -0.481 e. The van der Waals surface area contributed by atoms with E-state index in [1.54, 1.807) is 6.92 Å². The summed E-state index contributed by atoms with van der Waals surface area (Å²) in [6, 6.07) is -1.57. The Hall–Kier alpha value is -2.23. The number of nitrogens with zero attached hydrogens (tertiary/aromatic N) is 3. The Labute approximate surface area is 118 Å². The summed E-state index contributed by atoms with van der Waals surface area (Å²) in [6.07, 6.45) is -0.436. The van der Waals surface area contributed by atoms with Crippen LogP contribution in [0.3, 0.4) is 0 Å². The highest BCUT2D eigenvalue weighted by atomic mass is 32.1. The van der Waals surface area contributed by atoms with Crippen molar-refractivity contribution in [2.24, 2.45) is 0 Å². The predicted octanol–water partition coefficient (Wildman–Crippen LogP) is -0.346. The van der Waals surface area contributed by atoms with Crippen molar-refractivity contribution in [3.8, 4) is 0 Å². The largest absolute Gasteiger partial charge is 0.481 e. The molecule has 108 valence electrons. The van der Waals surface area contributed by atoms with Crippen LogP contribution in [0.15, 0.2) is 0 Å². The Morgan fingerprint density at radius 1 is 1.60 bits per heavy atom. The van der Waals surface area contributed by atoms with Gasteiger partial charge in [-0.15, -0.1) is 0 Å². The molecule has 1 unspecified atom stereocenters. The molecule has 0 saturated carbocycles. The van der Waals surface area contributed by atoms with Crippen LogP contribution in [0.1, 0.15) is 12.2 Å². The normalized spacial score (nSPS) is 18.6. The number of anilines is 1. The summed E-state index contributed by atoms with van der Waals surface area (Å²) >= 11 is 1.02. The number of carbonyl (C=O) groups is 3. The van der Waals surface area contributed by atoms with E-state index in [1.165, 1.54) is 4.90 Å². The number of hydrogen-bond acceptors (Lipinski definition) is 6. The lowest BCUT2D eigenvalue weighted by atomic mass is 10.1. The highest BCUT2D eigenvalue weighted by Gasteiger charge is 2.35. The number of carbonyl (C=O) groups excluding carboxylic acids is 2. The maximum absolute atomic E-state index is 12.1. The van der Waals surface area contributed by atoms with Gasteiger partial charge in [-0.25, -0.2) is 9.78 Å². The zero-order chi connectivity index (χ0) is 14.7. The fourth-order valence-electron chi connectivity index (χ4n) is 1.84. The number of urea groups is 1. The Balaban J connectivity index is 2.08. The van der Waals surface area contributed by atoms with E-state index in [0.29, 0.717) is 11.0 Å². The molecule has 1 saturated heterocycles. The maximum atomic E-state index is 12.1. The van der Waals surface area contributed by atoms with Gasteiger partial charge in [0.25, 0.3) is 0 Å². The van der Waals surface area contributed by atoms with Gasteiger partial charge in [-0.1, -0.05) is 0 Å². The van der Waals surface area contributed by atoms with Crippen molar-refractivity contribution in [3.63, 3.8) is 0 Å². The number of carboxylic acid groups (broad SMARTS) is 1. The Morgan fingerprint density at radius 2 is 2.35 bits per heavy atom. The molecule has 2 heterocycles. The molecular formula is C10H13N5O4S. The van der Waals surface area contributed by atoms with Crippen LogP contribution in [0.5, 0.6) is 0 Å². The summed E-state index contributed by atoms with van der Waals surface area (Å²) in [5.41, 5.74) is 0. The summed E-state index contributed by atoms with van der Waals surface area (Å²) in [6.45, 7) is 2.22. The first-order valence-electron chi connectivity index (χ1n) is 5.85. The minimum atomic E-state index is -1.14. The molecule has 0 spiro atoms. The van der Waals surface area contributed by atoms with Gasteiger partial charge < -0.3 is 15.3 Å². The van der Waals surface area contributed by atoms with E-state index in [4.69, 9.17) is 5.11 Å². The molecule has 1 aliphatic heterocycles. The first-order chi connectivity index (χ1) is 9.47. The predicted molar refractivity (Wildman–Crippen MR) is 69.4 cm³/mol. The van der Waals surface area contributed by atoms with Gasteiger partial charge in [-0.3, -0.25) is 14.9 Å². The molecule has 10 heteroatoms. The second-order valence-electron chi connectivity index (χ2n) is 4.17. The number of carboxylic acids is 1. The number of aromatic nitrogens is 2. The molecule has 1 aromatic rings. The van der Waals surface area contributed by atoms with E-state index < -0.39 is 30.4 Å². The topological polar surface area (TPSA) is 125 Å². The van der Waals surface area contributed by atoms with Crippen LogP contribution in [0, 0.1) is 6.92 Å². The number of amides is 3. The van der Waals surface area contributed by atoms with Crippen LogP contribution in [0.2, 0.25) is 0 Å². The monoisotopic (exact) mass is 299 g/mol. The molecule has 1 aliphatic rings. The van der Waals surface area contributed by atoms with E-state index in [1.807, 2.05) is 0 Å². The Bertz CT molecular complexity index is 546. The van der Waals surface area contributed by atoms with Crippen LogP contribution >= 0.6 is 11.5 Å². The fourth-order valence-corrected chi connectivity index (χ4v) is 2.40. The molecule has 0 bridgehead atoms. The first kappa shape index (κ1) is 14.2. The molecule has 3 N–H and O–H groups in total. The van der Waals surface area contributed by atoms with Gasteiger partial charge in [0.2, 0.25) is 11.0 Å². The highest BCUT2D eigenvalue weighted by Crippen LogP contribution is 2.14. The minimum absolute atomic E-state index is 0.243. The third-order valence-corrected chi connectivity index (χ3v) is 3.42. The number of aryl methyl sites for hydroxylation is 1. The van der Waals surface area contributed by atoms with E-state index in [2.05, 4.69) is 20.0 Å². The maximum Gasteiger partial charge on any atom is 0.324 e. The number of aliphatic carboxylic acids is 1. The highest BCUT2D eigenvalue weighted by molar-refractivity contribution is 7.09. The smallest absolute Gasteiger partial charge is 0.324 e. The number of hydrogen-bond donors (Lipinski definition) is 3. The third kappa shape index (κ3) is 3.20. The van der Waals surface area contributed by atoms with Gasteiger partial charge in [0, 0.05) is 24.6 Å². The summed E-state index contributed by atoms with van der Waals surface area (Å²) in [5.74, 6) is -1.08. The Kier molecular flexibility index (Phi) is 4.13. The molecular weight excluding hydrogens is 286 g/mol. The van der Waals surface area contributed by atoms with E-state index >= 15 is 0 Å². The van der Waals surface area contributed by atoms with E-state index in [0.717, 1.165) is 11.5 Å². The van der Waals surface area contributed by atoms with E-state index in [-0.39, 0.29) is 13.1 Å². The van der Waals surface area contributed by atoms with Crippen molar-refractivity contribution >= 4 is 34.6 Å². The molecule has 0 aromatic carbocycles. The lowest BCUT2D eigenvalue weighted by molar-refractivity contribution is -0.142. The van der Waals surface area contributed by atoms with Crippen molar-refractivity contribution in [2.45, 2.75) is 19.4 Å².